The molecule has 0 aromatic carbocycles. The van der Waals surface area contributed by atoms with Gasteiger partial charge < -0.3 is 19.6 Å². The van der Waals surface area contributed by atoms with Gasteiger partial charge in [-0.15, -0.1) is 0 Å². The lowest BCUT2D eigenvalue weighted by Crippen LogP contribution is -2.53. The van der Waals surface area contributed by atoms with Gasteiger partial charge >= 0.3 is 0 Å². The number of nitrogens with zero attached hydrogens (tertiary/aromatic N) is 7. The summed E-state index contributed by atoms with van der Waals surface area (Å²) in [6, 6.07) is 1.83. The van der Waals surface area contributed by atoms with Crippen LogP contribution in [0.4, 0.5) is 5.95 Å². The standard InChI is InChI=1S/C16H24N8O/c1-3-17-15(20-8-5-14-21-13(2)22-25-14)23-9-11-24(12-10-23)16-18-6-4-7-19-16/h4,6-7H,3,5,8-12H2,1-2H3,(H,17,20). The minimum atomic E-state index is 0.617. The molecule has 0 aliphatic carbocycles. The maximum Gasteiger partial charge on any atom is 0.228 e. The fraction of sp³-hybridized carbons (Fsp3) is 0.562. The summed E-state index contributed by atoms with van der Waals surface area (Å²) in [6.45, 7) is 8.84. The van der Waals surface area contributed by atoms with Crippen LogP contribution in [0.2, 0.25) is 0 Å². The number of aliphatic imine (C=N–C) groups is 1. The molecular formula is C16H24N8O. The summed E-state index contributed by atoms with van der Waals surface area (Å²) < 4.78 is 5.13. The van der Waals surface area contributed by atoms with E-state index in [-0.39, 0.29) is 0 Å². The number of aromatic nitrogens is 4. The lowest BCUT2D eigenvalue weighted by atomic mass is 10.3. The van der Waals surface area contributed by atoms with Gasteiger partial charge in [-0.05, 0) is 19.9 Å². The van der Waals surface area contributed by atoms with Gasteiger partial charge in [-0.3, -0.25) is 4.99 Å². The van der Waals surface area contributed by atoms with Crippen molar-refractivity contribution in [2.24, 2.45) is 4.99 Å². The van der Waals surface area contributed by atoms with Crippen LogP contribution in [0.25, 0.3) is 0 Å². The first-order valence-corrected chi connectivity index (χ1v) is 8.60. The lowest BCUT2D eigenvalue weighted by molar-refractivity contribution is 0.366. The predicted molar refractivity (Wildman–Crippen MR) is 94.5 cm³/mol. The van der Waals surface area contributed by atoms with Crippen molar-refractivity contribution in [3.05, 3.63) is 30.2 Å². The van der Waals surface area contributed by atoms with Crippen molar-refractivity contribution in [3.8, 4) is 0 Å². The zero-order valence-corrected chi connectivity index (χ0v) is 14.7. The van der Waals surface area contributed by atoms with Crippen molar-refractivity contribution < 1.29 is 4.52 Å². The van der Waals surface area contributed by atoms with Gasteiger partial charge in [-0.25, -0.2) is 9.97 Å². The molecule has 0 unspecified atom stereocenters. The molecule has 9 heteroatoms. The van der Waals surface area contributed by atoms with Gasteiger partial charge in [0.2, 0.25) is 11.8 Å². The average Bonchev–Trinajstić information content (AvgIpc) is 3.07. The second-order valence-corrected chi connectivity index (χ2v) is 5.74. The summed E-state index contributed by atoms with van der Waals surface area (Å²) in [6.07, 6.45) is 4.20. The molecule has 134 valence electrons. The highest BCUT2D eigenvalue weighted by atomic mass is 16.5. The smallest absolute Gasteiger partial charge is 0.228 e. The van der Waals surface area contributed by atoms with Gasteiger partial charge in [-0.1, -0.05) is 5.16 Å². The fourth-order valence-corrected chi connectivity index (χ4v) is 2.70. The number of hydrogen-bond acceptors (Lipinski definition) is 7. The van der Waals surface area contributed by atoms with Crippen LogP contribution in [0.5, 0.6) is 0 Å². The fourth-order valence-electron chi connectivity index (χ4n) is 2.70. The number of rotatable bonds is 5. The number of hydrogen-bond donors (Lipinski definition) is 1. The SMILES string of the molecule is CCNC(=NCCc1nc(C)no1)N1CCN(c2ncccn2)CC1. The normalized spacial score (nSPS) is 15.5. The maximum atomic E-state index is 5.13. The van der Waals surface area contributed by atoms with Crippen LogP contribution in [0, 0.1) is 6.92 Å². The van der Waals surface area contributed by atoms with Gasteiger partial charge in [0.05, 0.1) is 6.54 Å². The van der Waals surface area contributed by atoms with Crippen molar-refractivity contribution in [1.82, 2.24) is 30.3 Å². The van der Waals surface area contributed by atoms with Crippen molar-refractivity contribution in [2.75, 3.05) is 44.2 Å². The van der Waals surface area contributed by atoms with E-state index in [0.717, 1.165) is 44.6 Å². The Balaban J connectivity index is 1.55. The van der Waals surface area contributed by atoms with E-state index in [1.165, 1.54) is 0 Å². The van der Waals surface area contributed by atoms with Gasteiger partial charge in [0.1, 0.15) is 0 Å². The molecule has 3 heterocycles. The monoisotopic (exact) mass is 344 g/mol. The quantitative estimate of drug-likeness (QED) is 0.619. The molecule has 1 aliphatic heterocycles. The molecule has 3 rings (SSSR count). The summed E-state index contributed by atoms with van der Waals surface area (Å²) in [5, 5.41) is 7.16. The largest absolute Gasteiger partial charge is 0.357 e. The highest BCUT2D eigenvalue weighted by Crippen LogP contribution is 2.10. The molecule has 0 spiro atoms. The molecule has 1 saturated heterocycles. The van der Waals surface area contributed by atoms with Gasteiger partial charge in [-0.2, -0.15) is 4.98 Å². The molecule has 0 amide bonds. The van der Waals surface area contributed by atoms with E-state index >= 15 is 0 Å². The molecule has 25 heavy (non-hydrogen) atoms. The summed E-state index contributed by atoms with van der Waals surface area (Å²) >= 11 is 0. The van der Waals surface area contributed by atoms with Crippen molar-refractivity contribution in [1.29, 1.82) is 0 Å². The first-order valence-electron chi connectivity index (χ1n) is 8.60. The second kappa shape index (κ2) is 8.41. The Labute approximate surface area is 147 Å². The topological polar surface area (TPSA) is 95.6 Å². The number of guanidine groups is 1. The van der Waals surface area contributed by atoms with E-state index in [1.54, 1.807) is 12.4 Å². The van der Waals surface area contributed by atoms with Crippen LogP contribution in [-0.4, -0.2) is 70.2 Å². The van der Waals surface area contributed by atoms with Crippen LogP contribution >= 0.6 is 0 Å². The molecule has 2 aromatic heterocycles. The third kappa shape index (κ3) is 4.65. The second-order valence-electron chi connectivity index (χ2n) is 5.74. The molecule has 0 saturated carbocycles. The average molecular weight is 344 g/mol. The van der Waals surface area contributed by atoms with Crippen LogP contribution in [0.1, 0.15) is 18.6 Å². The Kier molecular flexibility index (Phi) is 5.76. The number of anilines is 1. The minimum Gasteiger partial charge on any atom is -0.357 e. The molecule has 2 aromatic rings. The molecule has 1 aliphatic rings. The molecule has 0 bridgehead atoms. The van der Waals surface area contributed by atoms with Crippen LogP contribution < -0.4 is 10.2 Å². The maximum absolute atomic E-state index is 5.13. The zero-order chi connectivity index (χ0) is 17.5. The van der Waals surface area contributed by atoms with E-state index in [0.29, 0.717) is 24.7 Å². The number of piperazine rings is 1. The van der Waals surface area contributed by atoms with Crippen LogP contribution in [-0.2, 0) is 6.42 Å². The summed E-state index contributed by atoms with van der Waals surface area (Å²) in [7, 11) is 0. The Morgan fingerprint density at radius 3 is 2.64 bits per heavy atom. The van der Waals surface area contributed by atoms with Gasteiger partial charge in [0, 0.05) is 51.5 Å². The Morgan fingerprint density at radius 2 is 2.00 bits per heavy atom. The first-order chi connectivity index (χ1) is 12.3. The van der Waals surface area contributed by atoms with E-state index in [4.69, 9.17) is 9.52 Å². The number of nitrogens with one attached hydrogen (secondary N) is 1. The minimum absolute atomic E-state index is 0.617. The lowest BCUT2D eigenvalue weighted by Gasteiger charge is -2.36. The Morgan fingerprint density at radius 1 is 1.24 bits per heavy atom. The van der Waals surface area contributed by atoms with Crippen molar-refractivity contribution in [3.63, 3.8) is 0 Å². The van der Waals surface area contributed by atoms with Crippen LogP contribution in [0.15, 0.2) is 28.0 Å². The third-order valence-corrected chi connectivity index (χ3v) is 3.91. The van der Waals surface area contributed by atoms with Crippen LogP contribution in [0.3, 0.4) is 0 Å². The van der Waals surface area contributed by atoms with Gasteiger partial charge in [0.25, 0.3) is 0 Å². The summed E-state index contributed by atoms with van der Waals surface area (Å²) in [5.74, 6) is 3.00. The predicted octanol–water partition coefficient (Wildman–Crippen LogP) is 0.498. The molecule has 1 N–H and O–H groups in total. The molecular weight excluding hydrogens is 320 g/mol. The summed E-state index contributed by atoms with van der Waals surface area (Å²) in [5.41, 5.74) is 0. The van der Waals surface area contributed by atoms with Crippen molar-refractivity contribution >= 4 is 11.9 Å². The highest BCUT2D eigenvalue weighted by Gasteiger charge is 2.21. The zero-order valence-electron chi connectivity index (χ0n) is 14.7. The molecule has 9 nitrogen and oxygen atoms in total. The molecule has 1 fully saturated rings. The number of aryl methyl sites for hydroxylation is 1. The van der Waals surface area contributed by atoms with E-state index < -0.39 is 0 Å². The van der Waals surface area contributed by atoms with Gasteiger partial charge in [0.15, 0.2) is 11.8 Å². The molecule has 0 radical (unpaired) electrons. The Hall–Kier alpha value is -2.71. The third-order valence-electron chi connectivity index (χ3n) is 3.91. The van der Waals surface area contributed by atoms with E-state index in [9.17, 15) is 0 Å². The molecule has 0 atom stereocenters. The van der Waals surface area contributed by atoms with Crippen molar-refractivity contribution in [2.45, 2.75) is 20.3 Å². The van der Waals surface area contributed by atoms with E-state index in [2.05, 4.69) is 42.1 Å². The summed E-state index contributed by atoms with van der Waals surface area (Å²) in [4.78, 5) is 22.0. The first kappa shape index (κ1) is 17.1. The van der Waals surface area contributed by atoms with E-state index in [1.807, 2.05) is 13.0 Å². The Bertz CT molecular complexity index is 678. The highest BCUT2D eigenvalue weighted by molar-refractivity contribution is 5.80.